The van der Waals surface area contributed by atoms with Crippen LogP contribution in [0.3, 0.4) is 0 Å². The van der Waals surface area contributed by atoms with Crippen molar-refractivity contribution in [1.82, 2.24) is 9.99 Å². The van der Waals surface area contributed by atoms with E-state index >= 15 is 0 Å². The van der Waals surface area contributed by atoms with E-state index in [-0.39, 0.29) is 29.2 Å². The van der Waals surface area contributed by atoms with Gasteiger partial charge in [-0.25, -0.2) is 5.43 Å². The van der Waals surface area contributed by atoms with E-state index in [1.54, 1.807) is 12.1 Å². The Hall–Kier alpha value is -3.09. The summed E-state index contributed by atoms with van der Waals surface area (Å²) in [6.07, 6.45) is 2.69. The molecule has 7 nitrogen and oxygen atoms in total. The van der Waals surface area contributed by atoms with Crippen LogP contribution in [-0.4, -0.2) is 26.9 Å². The molecule has 108 valence electrons. The van der Waals surface area contributed by atoms with Crippen molar-refractivity contribution in [3.8, 4) is 11.5 Å². The van der Waals surface area contributed by atoms with Gasteiger partial charge < -0.3 is 14.8 Å². The van der Waals surface area contributed by atoms with Crippen LogP contribution >= 0.6 is 0 Å². The molecule has 0 atom stereocenters. The van der Waals surface area contributed by atoms with Gasteiger partial charge in [-0.3, -0.25) is 9.59 Å². The molecule has 1 aromatic carbocycles. The van der Waals surface area contributed by atoms with E-state index in [4.69, 9.17) is 0 Å². The minimum Gasteiger partial charge on any atom is -0.504 e. The molecule has 2 aromatic rings. The maximum Gasteiger partial charge on any atom is 0.260 e. The second kappa shape index (κ2) is 6.38. The summed E-state index contributed by atoms with van der Waals surface area (Å²) in [5.41, 5.74) is 2.20. The number of amides is 1. The number of aromatic nitrogens is 1. The summed E-state index contributed by atoms with van der Waals surface area (Å²) in [5, 5.41) is 22.5. The van der Waals surface area contributed by atoms with Crippen molar-refractivity contribution in [2.75, 3.05) is 0 Å². The molecule has 1 heterocycles. The first-order chi connectivity index (χ1) is 10.1. The number of hydrogen-bond donors (Lipinski definition) is 3. The van der Waals surface area contributed by atoms with Crippen LogP contribution in [-0.2, 0) is 11.3 Å². The van der Waals surface area contributed by atoms with E-state index in [0.29, 0.717) is 0 Å². The third kappa shape index (κ3) is 3.69. The van der Waals surface area contributed by atoms with Gasteiger partial charge in [0.1, 0.15) is 6.54 Å². The van der Waals surface area contributed by atoms with Crippen LogP contribution in [0.1, 0.15) is 5.56 Å². The molecular weight excluding hydrogens is 274 g/mol. The van der Waals surface area contributed by atoms with Crippen molar-refractivity contribution >= 4 is 12.1 Å². The van der Waals surface area contributed by atoms with E-state index in [2.05, 4.69) is 10.5 Å². The average Bonchev–Trinajstić information content (AvgIpc) is 2.46. The van der Waals surface area contributed by atoms with Gasteiger partial charge in [0.15, 0.2) is 11.5 Å². The predicted molar refractivity (Wildman–Crippen MR) is 76.2 cm³/mol. The lowest BCUT2D eigenvalue weighted by Gasteiger charge is -2.03. The van der Waals surface area contributed by atoms with E-state index in [0.717, 1.165) is 0 Å². The molecular formula is C14H13N3O4. The second-order valence-corrected chi connectivity index (χ2v) is 4.17. The lowest BCUT2D eigenvalue weighted by Crippen LogP contribution is -2.28. The van der Waals surface area contributed by atoms with Crippen LogP contribution in [0, 0.1) is 0 Å². The molecule has 0 radical (unpaired) electrons. The number of phenolic OH excluding ortho intramolecular Hbond substituents is 2. The molecule has 3 N–H and O–H groups in total. The molecule has 1 aromatic heterocycles. The van der Waals surface area contributed by atoms with E-state index in [1.165, 1.54) is 41.2 Å². The quantitative estimate of drug-likeness (QED) is 0.430. The topological polar surface area (TPSA) is 104 Å². The zero-order valence-electron chi connectivity index (χ0n) is 10.9. The Morgan fingerprint density at radius 2 is 2.05 bits per heavy atom. The number of carbonyl (C=O) groups is 1. The van der Waals surface area contributed by atoms with Crippen molar-refractivity contribution in [2.24, 2.45) is 5.10 Å². The van der Waals surface area contributed by atoms with E-state index in [1.807, 2.05) is 0 Å². The highest BCUT2D eigenvalue weighted by molar-refractivity contribution is 5.86. The third-order valence-corrected chi connectivity index (χ3v) is 2.65. The summed E-state index contributed by atoms with van der Waals surface area (Å²) in [5.74, 6) is -1.09. The Morgan fingerprint density at radius 1 is 1.24 bits per heavy atom. The summed E-state index contributed by atoms with van der Waals surface area (Å²) in [6.45, 7) is -0.164. The molecule has 0 aliphatic heterocycles. The molecule has 0 fully saturated rings. The molecule has 0 aliphatic rings. The molecule has 0 spiro atoms. The van der Waals surface area contributed by atoms with Crippen LogP contribution in [0.15, 0.2) is 52.5 Å². The number of nitrogens with zero attached hydrogens (tertiary/aromatic N) is 2. The van der Waals surface area contributed by atoms with Crippen molar-refractivity contribution < 1.29 is 15.0 Å². The molecule has 0 saturated heterocycles. The van der Waals surface area contributed by atoms with Crippen LogP contribution in [0.25, 0.3) is 0 Å². The minimum atomic E-state index is -0.487. The molecule has 2 rings (SSSR count). The molecule has 1 amide bonds. The Morgan fingerprint density at radius 3 is 2.81 bits per heavy atom. The SMILES string of the molecule is O=C(Cn1ccccc1=O)N/N=C/c1cccc(O)c1O. The zero-order chi connectivity index (χ0) is 15.2. The average molecular weight is 287 g/mol. The normalized spacial score (nSPS) is 10.7. The molecule has 0 saturated carbocycles. The molecule has 0 bridgehead atoms. The first kappa shape index (κ1) is 14.3. The summed E-state index contributed by atoms with van der Waals surface area (Å²) >= 11 is 0. The van der Waals surface area contributed by atoms with Crippen LogP contribution in [0.5, 0.6) is 11.5 Å². The van der Waals surface area contributed by atoms with Gasteiger partial charge in [0.25, 0.3) is 11.5 Å². The smallest absolute Gasteiger partial charge is 0.260 e. The van der Waals surface area contributed by atoms with Gasteiger partial charge in [-0.15, -0.1) is 0 Å². The Labute approximate surface area is 119 Å². The summed E-state index contributed by atoms with van der Waals surface area (Å²) in [6, 6.07) is 8.95. The molecule has 0 unspecified atom stereocenters. The third-order valence-electron chi connectivity index (χ3n) is 2.65. The Balaban J connectivity index is 1.98. The number of nitrogens with one attached hydrogen (secondary N) is 1. The number of aromatic hydroxyl groups is 2. The van der Waals surface area contributed by atoms with Gasteiger partial charge in [-0.05, 0) is 18.2 Å². The lowest BCUT2D eigenvalue weighted by atomic mass is 10.2. The van der Waals surface area contributed by atoms with Gasteiger partial charge in [-0.1, -0.05) is 12.1 Å². The monoisotopic (exact) mass is 287 g/mol. The fraction of sp³-hybridized carbons (Fsp3) is 0.0714. The number of carbonyl (C=O) groups excluding carboxylic acids is 1. The van der Waals surface area contributed by atoms with Crippen molar-refractivity contribution in [3.05, 3.63) is 58.5 Å². The predicted octanol–water partition coefficient (Wildman–Crippen LogP) is 0.410. The standard InChI is InChI=1S/C14H13N3O4/c18-11-5-3-4-10(14(11)21)8-15-16-12(19)9-17-7-2-1-6-13(17)20/h1-8,18,21H,9H2,(H,16,19)/b15-8+. The summed E-state index contributed by atoms with van der Waals surface area (Å²) in [4.78, 5) is 23.0. The van der Waals surface area contributed by atoms with Crippen LogP contribution < -0.4 is 11.0 Å². The minimum absolute atomic E-state index is 0.164. The van der Waals surface area contributed by atoms with Gasteiger partial charge in [0, 0.05) is 17.8 Å². The van der Waals surface area contributed by atoms with Crippen molar-refractivity contribution in [1.29, 1.82) is 0 Å². The highest BCUT2D eigenvalue weighted by Crippen LogP contribution is 2.26. The maximum absolute atomic E-state index is 11.6. The van der Waals surface area contributed by atoms with E-state index < -0.39 is 5.91 Å². The number of para-hydroxylation sites is 1. The number of hydrogen-bond acceptors (Lipinski definition) is 5. The number of pyridine rings is 1. The molecule has 7 heteroatoms. The highest BCUT2D eigenvalue weighted by Gasteiger charge is 2.04. The summed E-state index contributed by atoms with van der Waals surface area (Å²) in [7, 11) is 0. The number of hydrazone groups is 1. The highest BCUT2D eigenvalue weighted by atomic mass is 16.3. The molecule has 0 aliphatic carbocycles. The fourth-order valence-electron chi connectivity index (χ4n) is 1.61. The van der Waals surface area contributed by atoms with Crippen molar-refractivity contribution in [2.45, 2.75) is 6.54 Å². The summed E-state index contributed by atoms with van der Waals surface area (Å²) < 4.78 is 1.23. The maximum atomic E-state index is 11.6. The number of phenols is 2. The van der Waals surface area contributed by atoms with Gasteiger partial charge in [0.05, 0.1) is 6.21 Å². The Bertz CT molecular complexity index is 737. The molecule has 21 heavy (non-hydrogen) atoms. The van der Waals surface area contributed by atoms with Gasteiger partial charge in [0.2, 0.25) is 0 Å². The van der Waals surface area contributed by atoms with Gasteiger partial charge in [-0.2, -0.15) is 5.10 Å². The zero-order valence-corrected chi connectivity index (χ0v) is 10.9. The first-order valence-electron chi connectivity index (χ1n) is 6.06. The number of rotatable bonds is 4. The van der Waals surface area contributed by atoms with Crippen LogP contribution in [0.4, 0.5) is 0 Å². The van der Waals surface area contributed by atoms with E-state index in [9.17, 15) is 19.8 Å². The van der Waals surface area contributed by atoms with Crippen LogP contribution in [0.2, 0.25) is 0 Å². The Kier molecular flexibility index (Phi) is 4.35. The van der Waals surface area contributed by atoms with Crippen molar-refractivity contribution in [3.63, 3.8) is 0 Å². The van der Waals surface area contributed by atoms with Gasteiger partial charge >= 0.3 is 0 Å². The second-order valence-electron chi connectivity index (χ2n) is 4.17. The largest absolute Gasteiger partial charge is 0.504 e. The lowest BCUT2D eigenvalue weighted by molar-refractivity contribution is -0.121. The first-order valence-corrected chi connectivity index (χ1v) is 6.06. The fourth-order valence-corrected chi connectivity index (χ4v) is 1.61. The number of benzene rings is 1.